The van der Waals surface area contributed by atoms with Crippen LogP contribution in [0.15, 0.2) is 6.07 Å². The van der Waals surface area contributed by atoms with Gasteiger partial charge in [0.1, 0.15) is 11.5 Å². The molecule has 1 heterocycles. The number of hydrogen-bond acceptors (Lipinski definition) is 4. The number of aliphatic hydroxyl groups is 1. The van der Waals surface area contributed by atoms with E-state index in [-0.39, 0.29) is 24.2 Å². The number of nitrogens with two attached hydrogens (primary N) is 1. The van der Waals surface area contributed by atoms with E-state index in [4.69, 9.17) is 10.8 Å². The Bertz CT molecular complexity index is 310. The van der Waals surface area contributed by atoms with Gasteiger partial charge in [-0.3, -0.25) is 9.89 Å². The summed E-state index contributed by atoms with van der Waals surface area (Å²) in [5, 5.41) is 17.5. The fraction of sp³-hybridized carbons (Fsp3) is 0.500. The van der Waals surface area contributed by atoms with Crippen LogP contribution in [0, 0.1) is 5.92 Å². The van der Waals surface area contributed by atoms with E-state index in [9.17, 15) is 4.79 Å². The van der Waals surface area contributed by atoms with Crippen molar-refractivity contribution >= 4 is 11.7 Å². The third kappa shape index (κ3) is 2.74. The van der Waals surface area contributed by atoms with E-state index < -0.39 is 0 Å². The molecule has 6 heteroatoms. The van der Waals surface area contributed by atoms with E-state index in [0.29, 0.717) is 12.2 Å². The zero-order chi connectivity index (χ0) is 10.6. The average molecular weight is 198 g/mol. The molecule has 1 amide bonds. The van der Waals surface area contributed by atoms with Crippen LogP contribution < -0.4 is 11.1 Å². The molecule has 6 nitrogen and oxygen atoms in total. The molecule has 0 saturated heterocycles. The maximum absolute atomic E-state index is 11.4. The summed E-state index contributed by atoms with van der Waals surface area (Å²) in [6.07, 6.45) is 0. The highest BCUT2D eigenvalue weighted by Crippen LogP contribution is 2.00. The lowest BCUT2D eigenvalue weighted by Gasteiger charge is -2.07. The van der Waals surface area contributed by atoms with Gasteiger partial charge in [-0.2, -0.15) is 5.10 Å². The minimum atomic E-state index is -0.269. The van der Waals surface area contributed by atoms with E-state index >= 15 is 0 Å². The fourth-order valence-electron chi connectivity index (χ4n) is 0.880. The van der Waals surface area contributed by atoms with Crippen LogP contribution in [0.25, 0.3) is 0 Å². The molecular weight excluding hydrogens is 184 g/mol. The second-order valence-corrected chi connectivity index (χ2v) is 3.20. The van der Waals surface area contributed by atoms with Crippen molar-refractivity contribution in [3.8, 4) is 0 Å². The Balaban J connectivity index is 2.43. The van der Waals surface area contributed by atoms with Crippen molar-refractivity contribution in [2.24, 2.45) is 5.92 Å². The number of carbonyl (C=O) groups is 1. The number of nitrogens with zero attached hydrogens (tertiary/aromatic N) is 1. The van der Waals surface area contributed by atoms with Gasteiger partial charge in [0.05, 0.1) is 0 Å². The molecule has 0 fully saturated rings. The largest absolute Gasteiger partial charge is 0.396 e. The summed E-state index contributed by atoms with van der Waals surface area (Å²) < 4.78 is 0. The number of anilines is 1. The van der Waals surface area contributed by atoms with Crippen molar-refractivity contribution in [3.05, 3.63) is 11.8 Å². The van der Waals surface area contributed by atoms with Gasteiger partial charge < -0.3 is 16.2 Å². The predicted molar refractivity (Wildman–Crippen MR) is 51.6 cm³/mol. The van der Waals surface area contributed by atoms with Crippen LogP contribution in [0.5, 0.6) is 0 Å². The number of aromatic nitrogens is 2. The highest BCUT2D eigenvalue weighted by atomic mass is 16.3. The first-order chi connectivity index (χ1) is 6.63. The first-order valence-corrected chi connectivity index (χ1v) is 4.33. The lowest BCUT2D eigenvalue weighted by atomic mass is 10.2. The SMILES string of the molecule is CC(CO)CNC(=O)c1cc(N)n[nH]1. The van der Waals surface area contributed by atoms with Crippen molar-refractivity contribution < 1.29 is 9.90 Å². The number of nitrogen functional groups attached to an aromatic ring is 1. The zero-order valence-electron chi connectivity index (χ0n) is 7.95. The molecule has 1 aromatic heterocycles. The van der Waals surface area contributed by atoms with Gasteiger partial charge in [0.2, 0.25) is 0 Å². The van der Waals surface area contributed by atoms with Crippen molar-refractivity contribution in [2.45, 2.75) is 6.92 Å². The molecule has 0 saturated carbocycles. The molecule has 5 N–H and O–H groups in total. The molecule has 1 unspecified atom stereocenters. The Morgan fingerprint density at radius 1 is 1.86 bits per heavy atom. The molecule has 0 aromatic carbocycles. The molecule has 0 spiro atoms. The molecule has 78 valence electrons. The predicted octanol–water partition coefficient (Wildman–Crippen LogP) is -0.650. The molecule has 14 heavy (non-hydrogen) atoms. The summed E-state index contributed by atoms with van der Waals surface area (Å²) in [6, 6.07) is 1.46. The molecule has 0 aliphatic rings. The summed E-state index contributed by atoms with van der Waals surface area (Å²) in [5.41, 5.74) is 5.66. The Hall–Kier alpha value is -1.56. The Morgan fingerprint density at radius 3 is 3.07 bits per heavy atom. The van der Waals surface area contributed by atoms with Crippen molar-refractivity contribution in [1.82, 2.24) is 15.5 Å². The Labute approximate surface area is 81.5 Å². The highest BCUT2D eigenvalue weighted by Gasteiger charge is 2.09. The van der Waals surface area contributed by atoms with E-state index in [1.807, 2.05) is 6.92 Å². The fourth-order valence-corrected chi connectivity index (χ4v) is 0.880. The van der Waals surface area contributed by atoms with Gasteiger partial charge in [-0.05, 0) is 5.92 Å². The van der Waals surface area contributed by atoms with Gasteiger partial charge >= 0.3 is 0 Å². The van der Waals surface area contributed by atoms with Crippen molar-refractivity contribution in [1.29, 1.82) is 0 Å². The molecule has 1 atom stereocenters. The first-order valence-electron chi connectivity index (χ1n) is 4.33. The van der Waals surface area contributed by atoms with Gasteiger partial charge in [0.25, 0.3) is 5.91 Å². The van der Waals surface area contributed by atoms with Crippen molar-refractivity contribution in [2.75, 3.05) is 18.9 Å². The third-order valence-corrected chi connectivity index (χ3v) is 1.77. The standard InChI is InChI=1S/C8H14N4O2/c1-5(4-13)3-10-8(14)6-2-7(9)12-11-6/h2,5,13H,3-4H2,1H3,(H,10,14)(H3,9,11,12). The monoisotopic (exact) mass is 198 g/mol. The lowest BCUT2D eigenvalue weighted by molar-refractivity contribution is 0.0937. The van der Waals surface area contributed by atoms with E-state index in [2.05, 4.69) is 15.5 Å². The molecule has 0 bridgehead atoms. The van der Waals surface area contributed by atoms with E-state index in [1.165, 1.54) is 6.07 Å². The molecule has 1 aromatic rings. The summed E-state index contributed by atoms with van der Waals surface area (Å²) >= 11 is 0. The van der Waals surface area contributed by atoms with Crippen LogP contribution in [0.2, 0.25) is 0 Å². The number of rotatable bonds is 4. The van der Waals surface area contributed by atoms with Crippen LogP contribution >= 0.6 is 0 Å². The first kappa shape index (κ1) is 10.5. The zero-order valence-corrected chi connectivity index (χ0v) is 7.95. The van der Waals surface area contributed by atoms with Crippen LogP contribution in [0.4, 0.5) is 5.82 Å². The minimum Gasteiger partial charge on any atom is -0.396 e. The van der Waals surface area contributed by atoms with Crippen LogP contribution in [-0.2, 0) is 0 Å². The smallest absolute Gasteiger partial charge is 0.269 e. The lowest BCUT2D eigenvalue weighted by Crippen LogP contribution is -2.29. The van der Waals surface area contributed by atoms with Gasteiger partial charge in [-0.25, -0.2) is 0 Å². The number of carbonyl (C=O) groups excluding carboxylic acids is 1. The van der Waals surface area contributed by atoms with Crippen LogP contribution in [-0.4, -0.2) is 34.4 Å². The maximum atomic E-state index is 11.4. The third-order valence-electron chi connectivity index (χ3n) is 1.77. The minimum absolute atomic E-state index is 0.0409. The van der Waals surface area contributed by atoms with Gasteiger partial charge in [-0.1, -0.05) is 6.92 Å². The number of aliphatic hydroxyl groups excluding tert-OH is 1. The highest BCUT2D eigenvalue weighted by molar-refractivity contribution is 5.92. The van der Waals surface area contributed by atoms with Gasteiger partial charge in [0.15, 0.2) is 0 Å². The van der Waals surface area contributed by atoms with E-state index in [0.717, 1.165) is 0 Å². The quantitative estimate of drug-likeness (QED) is 0.516. The molecule has 0 radical (unpaired) electrons. The summed E-state index contributed by atoms with van der Waals surface area (Å²) in [7, 11) is 0. The average Bonchev–Trinajstić information content (AvgIpc) is 2.60. The Morgan fingerprint density at radius 2 is 2.57 bits per heavy atom. The maximum Gasteiger partial charge on any atom is 0.269 e. The summed E-state index contributed by atoms with van der Waals surface area (Å²) in [5.74, 6) is 0.0547. The molecule has 0 aliphatic carbocycles. The number of aromatic amines is 1. The van der Waals surface area contributed by atoms with Crippen LogP contribution in [0.3, 0.4) is 0 Å². The molecule has 0 aliphatic heterocycles. The summed E-state index contributed by atoms with van der Waals surface area (Å²) in [6.45, 7) is 2.31. The second-order valence-electron chi connectivity index (χ2n) is 3.20. The van der Waals surface area contributed by atoms with Crippen LogP contribution in [0.1, 0.15) is 17.4 Å². The molecular formula is C8H14N4O2. The Kier molecular flexibility index (Phi) is 3.47. The topological polar surface area (TPSA) is 104 Å². The number of hydrogen-bond donors (Lipinski definition) is 4. The van der Waals surface area contributed by atoms with Gasteiger partial charge in [-0.15, -0.1) is 0 Å². The van der Waals surface area contributed by atoms with Gasteiger partial charge in [0, 0.05) is 19.2 Å². The van der Waals surface area contributed by atoms with E-state index in [1.54, 1.807) is 0 Å². The number of nitrogens with one attached hydrogen (secondary N) is 2. The number of H-pyrrole nitrogens is 1. The summed E-state index contributed by atoms with van der Waals surface area (Å²) in [4.78, 5) is 11.4. The second kappa shape index (κ2) is 4.61. The molecule has 1 rings (SSSR count). The normalized spacial score (nSPS) is 12.4. The number of amides is 1. The van der Waals surface area contributed by atoms with Crippen molar-refractivity contribution in [3.63, 3.8) is 0 Å².